The summed E-state index contributed by atoms with van der Waals surface area (Å²) in [5, 5.41) is 12.0. The molecule has 1 aromatic carbocycles. The third-order valence-electron chi connectivity index (χ3n) is 3.44. The van der Waals surface area contributed by atoms with Crippen molar-refractivity contribution in [3.05, 3.63) is 35.4 Å². The van der Waals surface area contributed by atoms with Gasteiger partial charge in [-0.05, 0) is 43.4 Å². The molecule has 0 aliphatic heterocycles. The lowest BCUT2D eigenvalue weighted by Crippen LogP contribution is -2.41. The Morgan fingerprint density at radius 3 is 2.50 bits per heavy atom. The van der Waals surface area contributed by atoms with E-state index in [4.69, 9.17) is 5.11 Å². The van der Waals surface area contributed by atoms with Crippen molar-refractivity contribution >= 4 is 5.97 Å². The fourth-order valence-electron chi connectivity index (χ4n) is 2.22. The van der Waals surface area contributed by atoms with Gasteiger partial charge in [-0.2, -0.15) is 13.2 Å². The van der Waals surface area contributed by atoms with Gasteiger partial charge in [-0.1, -0.05) is 32.0 Å². The Kier molecular flexibility index (Phi) is 6.87. The Morgan fingerprint density at radius 2 is 1.95 bits per heavy atom. The van der Waals surface area contributed by atoms with Crippen molar-refractivity contribution < 1.29 is 23.1 Å². The predicted molar refractivity (Wildman–Crippen MR) is 78.6 cm³/mol. The van der Waals surface area contributed by atoms with E-state index in [1.165, 1.54) is 12.1 Å². The summed E-state index contributed by atoms with van der Waals surface area (Å²) in [6, 6.07) is 4.73. The van der Waals surface area contributed by atoms with Gasteiger partial charge in [0.25, 0.3) is 0 Å². The maximum absolute atomic E-state index is 12.6. The number of alkyl halides is 3. The summed E-state index contributed by atoms with van der Waals surface area (Å²) in [6.07, 6.45) is -2.35. The molecule has 0 saturated heterocycles. The molecule has 0 heterocycles. The lowest BCUT2D eigenvalue weighted by Gasteiger charge is -2.17. The molecule has 0 unspecified atom stereocenters. The largest absolute Gasteiger partial charge is 0.480 e. The standard InChI is InChI=1S/C16H22F3NO2/c1-11(2)14(15(21)22)20-9-4-3-6-12-7-5-8-13(10-12)16(17,18)19/h5,7-8,10-11,14,20H,3-4,6,9H2,1-2H3,(H,21,22)/t14-/m1/s1. The number of hydrogen-bond acceptors (Lipinski definition) is 2. The number of hydrogen-bond donors (Lipinski definition) is 2. The van der Waals surface area contributed by atoms with Crippen LogP contribution in [0.3, 0.4) is 0 Å². The fourth-order valence-corrected chi connectivity index (χ4v) is 2.22. The van der Waals surface area contributed by atoms with Gasteiger partial charge in [-0.3, -0.25) is 4.79 Å². The second kappa shape index (κ2) is 8.17. The normalized spacial score (nSPS) is 13.4. The molecular weight excluding hydrogens is 295 g/mol. The number of halogens is 3. The molecule has 0 aliphatic rings. The number of carboxylic acids is 1. The lowest BCUT2D eigenvalue weighted by atomic mass is 10.0. The van der Waals surface area contributed by atoms with Gasteiger partial charge in [0.2, 0.25) is 0 Å². The number of aliphatic carboxylic acids is 1. The van der Waals surface area contributed by atoms with Crippen molar-refractivity contribution in [3.8, 4) is 0 Å². The third kappa shape index (κ3) is 6.05. The van der Waals surface area contributed by atoms with Crippen molar-refractivity contribution in [1.29, 1.82) is 0 Å². The van der Waals surface area contributed by atoms with E-state index >= 15 is 0 Å². The molecule has 1 aromatic rings. The summed E-state index contributed by atoms with van der Waals surface area (Å²) >= 11 is 0. The zero-order valence-corrected chi connectivity index (χ0v) is 12.8. The van der Waals surface area contributed by atoms with Gasteiger partial charge in [0.05, 0.1) is 5.56 Å². The maximum Gasteiger partial charge on any atom is 0.416 e. The minimum Gasteiger partial charge on any atom is -0.480 e. The van der Waals surface area contributed by atoms with Crippen LogP contribution >= 0.6 is 0 Å². The Hall–Kier alpha value is -1.56. The zero-order valence-electron chi connectivity index (χ0n) is 12.8. The van der Waals surface area contributed by atoms with E-state index in [0.29, 0.717) is 31.4 Å². The first-order chi connectivity index (χ1) is 10.2. The van der Waals surface area contributed by atoms with Crippen LogP contribution in [-0.4, -0.2) is 23.7 Å². The molecule has 0 fully saturated rings. The van der Waals surface area contributed by atoms with Gasteiger partial charge in [0.15, 0.2) is 0 Å². The molecule has 1 atom stereocenters. The Labute approximate surface area is 128 Å². The van der Waals surface area contributed by atoms with Gasteiger partial charge in [-0.15, -0.1) is 0 Å². The summed E-state index contributed by atoms with van der Waals surface area (Å²) in [5.41, 5.74) is 0.0161. The number of unbranched alkanes of at least 4 members (excludes halogenated alkanes) is 1. The third-order valence-corrected chi connectivity index (χ3v) is 3.44. The summed E-state index contributed by atoms with van der Waals surface area (Å²) in [7, 11) is 0. The van der Waals surface area contributed by atoms with Crippen LogP contribution in [-0.2, 0) is 17.4 Å². The molecular formula is C16H22F3NO2. The van der Waals surface area contributed by atoms with Gasteiger partial charge in [0, 0.05) is 0 Å². The molecule has 0 saturated carbocycles. The second-order valence-corrected chi connectivity index (χ2v) is 5.67. The average molecular weight is 317 g/mol. The Balaban J connectivity index is 2.38. The highest BCUT2D eigenvalue weighted by Gasteiger charge is 2.30. The number of nitrogens with one attached hydrogen (secondary N) is 1. The minimum absolute atomic E-state index is 0.0130. The van der Waals surface area contributed by atoms with E-state index in [0.717, 1.165) is 6.07 Å². The Bertz CT molecular complexity index is 487. The molecule has 1 rings (SSSR count). The van der Waals surface area contributed by atoms with Crippen LogP contribution in [0.2, 0.25) is 0 Å². The van der Waals surface area contributed by atoms with Crippen molar-refractivity contribution in [2.45, 2.75) is 45.3 Å². The SMILES string of the molecule is CC(C)[C@@H](NCCCCc1cccc(C(F)(F)F)c1)C(=O)O. The van der Waals surface area contributed by atoms with Crippen LogP contribution in [0.5, 0.6) is 0 Å². The molecule has 124 valence electrons. The van der Waals surface area contributed by atoms with Gasteiger partial charge < -0.3 is 10.4 Å². The predicted octanol–water partition coefficient (Wildman–Crippen LogP) is 3.73. The van der Waals surface area contributed by atoms with Crippen LogP contribution in [0.1, 0.15) is 37.8 Å². The van der Waals surface area contributed by atoms with Crippen LogP contribution in [0, 0.1) is 5.92 Å². The maximum atomic E-state index is 12.6. The van der Waals surface area contributed by atoms with E-state index in [-0.39, 0.29) is 5.92 Å². The van der Waals surface area contributed by atoms with Gasteiger partial charge in [-0.25, -0.2) is 0 Å². The fraction of sp³-hybridized carbons (Fsp3) is 0.562. The molecule has 22 heavy (non-hydrogen) atoms. The summed E-state index contributed by atoms with van der Waals surface area (Å²) in [5.74, 6) is -0.895. The zero-order chi connectivity index (χ0) is 16.8. The van der Waals surface area contributed by atoms with Crippen molar-refractivity contribution in [3.63, 3.8) is 0 Å². The van der Waals surface area contributed by atoms with Gasteiger partial charge in [0.1, 0.15) is 6.04 Å². The topological polar surface area (TPSA) is 49.3 Å². The highest BCUT2D eigenvalue weighted by Crippen LogP contribution is 2.29. The number of carbonyl (C=O) groups is 1. The van der Waals surface area contributed by atoms with Crippen molar-refractivity contribution in [1.82, 2.24) is 5.32 Å². The number of rotatable bonds is 8. The van der Waals surface area contributed by atoms with Crippen LogP contribution < -0.4 is 5.32 Å². The lowest BCUT2D eigenvalue weighted by molar-refractivity contribution is -0.140. The first kappa shape index (κ1) is 18.5. The smallest absolute Gasteiger partial charge is 0.416 e. The summed E-state index contributed by atoms with van der Waals surface area (Å²) in [4.78, 5) is 11.0. The molecule has 0 spiro atoms. The van der Waals surface area contributed by atoms with Crippen molar-refractivity contribution in [2.24, 2.45) is 5.92 Å². The molecule has 0 bridgehead atoms. The van der Waals surface area contributed by atoms with Crippen LogP contribution in [0.15, 0.2) is 24.3 Å². The highest BCUT2D eigenvalue weighted by atomic mass is 19.4. The van der Waals surface area contributed by atoms with E-state index in [9.17, 15) is 18.0 Å². The van der Waals surface area contributed by atoms with E-state index < -0.39 is 23.8 Å². The molecule has 2 N–H and O–H groups in total. The monoisotopic (exact) mass is 317 g/mol. The first-order valence-corrected chi connectivity index (χ1v) is 7.34. The number of carboxylic acid groups (broad SMARTS) is 1. The number of aryl methyl sites for hydroxylation is 1. The molecule has 0 amide bonds. The molecule has 0 aliphatic carbocycles. The highest BCUT2D eigenvalue weighted by molar-refractivity contribution is 5.73. The minimum atomic E-state index is -4.32. The average Bonchev–Trinajstić information content (AvgIpc) is 2.41. The summed E-state index contributed by atoms with van der Waals surface area (Å²) in [6.45, 7) is 4.19. The number of benzene rings is 1. The van der Waals surface area contributed by atoms with E-state index in [2.05, 4.69) is 5.32 Å². The molecule has 3 nitrogen and oxygen atoms in total. The molecule has 0 aromatic heterocycles. The second-order valence-electron chi connectivity index (χ2n) is 5.67. The Morgan fingerprint density at radius 1 is 1.27 bits per heavy atom. The van der Waals surface area contributed by atoms with E-state index in [1.807, 2.05) is 13.8 Å². The van der Waals surface area contributed by atoms with Crippen LogP contribution in [0.4, 0.5) is 13.2 Å². The molecule has 0 radical (unpaired) electrons. The molecule has 6 heteroatoms. The quantitative estimate of drug-likeness (QED) is 0.718. The van der Waals surface area contributed by atoms with Crippen molar-refractivity contribution in [2.75, 3.05) is 6.54 Å². The van der Waals surface area contributed by atoms with E-state index in [1.54, 1.807) is 6.07 Å². The first-order valence-electron chi connectivity index (χ1n) is 7.34. The summed E-state index contributed by atoms with van der Waals surface area (Å²) < 4.78 is 37.8. The van der Waals surface area contributed by atoms with Crippen LogP contribution in [0.25, 0.3) is 0 Å². The van der Waals surface area contributed by atoms with Gasteiger partial charge >= 0.3 is 12.1 Å².